The van der Waals surface area contributed by atoms with Crippen LogP contribution in [0.25, 0.3) is 0 Å². The van der Waals surface area contributed by atoms with E-state index in [-0.39, 0.29) is 17.3 Å². The highest BCUT2D eigenvalue weighted by Gasteiger charge is 2.59. The van der Waals surface area contributed by atoms with Crippen LogP contribution in [-0.2, 0) is 4.74 Å². The molecule has 2 heteroatoms. The van der Waals surface area contributed by atoms with Gasteiger partial charge in [0.1, 0.15) is 0 Å². The van der Waals surface area contributed by atoms with Crippen molar-refractivity contribution < 1.29 is 9.84 Å². The van der Waals surface area contributed by atoms with Crippen LogP contribution in [0.1, 0.15) is 68.7 Å². The molecule has 0 N–H and O–H groups in total. The summed E-state index contributed by atoms with van der Waals surface area (Å²) in [6.45, 7) is 19.7. The SMILES string of the molecule is CC(C)O[C@@]1(C)C([O-])=CCC(C(C)C)C1(C(C)C)C(C)C. The maximum atomic E-state index is 12.9. The lowest BCUT2D eigenvalue weighted by Gasteiger charge is -2.64. The first-order chi connectivity index (χ1) is 9.51. The second-order valence-electron chi connectivity index (χ2n) is 8.10. The molecule has 0 fully saturated rings. The Kier molecular flexibility index (Phi) is 5.58. The molecule has 2 atom stereocenters. The van der Waals surface area contributed by atoms with Gasteiger partial charge in [0, 0.05) is 5.41 Å². The molecule has 1 aliphatic rings. The van der Waals surface area contributed by atoms with Gasteiger partial charge in [0.25, 0.3) is 0 Å². The Balaban J connectivity index is 3.59. The summed E-state index contributed by atoms with van der Waals surface area (Å²) >= 11 is 0. The Labute approximate surface area is 132 Å². The molecule has 0 saturated carbocycles. The normalized spacial score (nSPS) is 29.6. The molecule has 0 aromatic carbocycles. The van der Waals surface area contributed by atoms with Gasteiger partial charge >= 0.3 is 0 Å². The minimum absolute atomic E-state index is 0.0511. The minimum atomic E-state index is -0.726. The van der Waals surface area contributed by atoms with Crippen molar-refractivity contribution in [3.63, 3.8) is 0 Å². The third-order valence-electron chi connectivity index (χ3n) is 5.65. The lowest BCUT2D eigenvalue weighted by molar-refractivity contribution is -0.367. The van der Waals surface area contributed by atoms with E-state index in [1.165, 1.54) is 0 Å². The summed E-state index contributed by atoms with van der Waals surface area (Å²) in [6, 6.07) is 0. The molecule has 21 heavy (non-hydrogen) atoms. The maximum absolute atomic E-state index is 12.9. The average Bonchev–Trinajstić information content (AvgIpc) is 2.29. The van der Waals surface area contributed by atoms with Crippen LogP contribution in [0.4, 0.5) is 0 Å². The van der Waals surface area contributed by atoms with Crippen LogP contribution < -0.4 is 5.11 Å². The Morgan fingerprint density at radius 2 is 1.52 bits per heavy atom. The number of allylic oxidation sites excluding steroid dienone is 1. The molecular weight excluding hydrogens is 260 g/mol. The summed E-state index contributed by atoms with van der Waals surface area (Å²) in [5, 5.41) is 12.9. The first-order valence-corrected chi connectivity index (χ1v) is 8.57. The summed E-state index contributed by atoms with van der Waals surface area (Å²) in [4.78, 5) is 0. The van der Waals surface area contributed by atoms with Crippen molar-refractivity contribution in [1.82, 2.24) is 0 Å². The molecule has 1 aliphatic carbocycles. The highest BCUT2D eigenvalue weighted by molar-refractivity contribution is 5.23. The summed E-state index contributed by atoms with van der Waals surface area (Å²) in [5.41, 5.74) is -0.853. The molecular formula is C19H35O2-. The molecule has 0 bridgehead atoms. The van der Waals surface area contributed by atoms with Crippen molar-refractivity contribution >= 4 is 0 Å². The molecule has 0 amide bonds. The van der Waals surface area contributed by atoms with E-state index in [4.69, 9.17) is 4.74 Å². The van der Waals surface area contributed by atoms with Gasteiger partial charge in [-0.1, -0.05) is 47.6 Å². The monoisotopic (exact) mass is 295 g/mol. The van der Waals surface area contributed by atoms with E-state index in [2.05, 4.69) is 41.5 Å². The molecule has 1 unspecified atom stereocenters. The van der Waals surface area contributed by atoms with Crippen LogP contribution in [0.2, 0.25) is 0 Å². The van der Waals surface area contributed by atoms with Crippen LogP contribution in [0.5, 0.6) is 0 Å². The summed E-state index contributed by atoms with van der Waals surface area (Å²) in [5.74, 6) is 1.97. The van der Waals surface area contributed by atoms with E-state index in [1.54, 1.807) is 0 Å². The Morgan fingerprint density at radius 1 is 1.05 bits per heavy atom. The van der Waals surface area contributed by atoms with Gasteiger partial charge in [-0.3, -0.25) is 0 Å². The number of ether oxygens (including phenoxy) is 1. The fraction of sp³-hybridized carbons (Fsp3) is 0.895. The lowest BCUT2D eigenvalue weighted by atomic mass is 9.48. The second-order valence-corrected chi connectivity index (χ2v) is 8.10. The van der Waals surface area contributed by atoms with Gasteiger partial charge in [-0.2, -0.15) is 0 Å². The highest BCUT2D eigenvalue weighted by atomic mass is 16.5. The number of hydrogen-bond donors (Lipinski definition) is 0. The van der Waals surface area contributed by atoms with E-state index in [1.807, 2.05) is 26.8 Å². The van der Waals surface area contributed by atoms with E-state index >= 15 is 0 Å². The third-order valence-corrected chi connectivity index (χ3v) is 5.65. The average molecular weight is 295 g/mol. The van der Waals surface area contributed by atoms with Crippen LogP contribution in [-0.4, -0.2) is 11.7 Å². The topological polar surface area (TPSA) is 32.3 Å². The Hall–Kier alpha value is -0.500. The quantitative estimate of drug-likeness (QED) is 0.753. The molecule has 0 aromatic heterocycles. The van der Waals surface area contributed by atoms with Gasteiger partial charge in [0.05, 0.1) is 11.7 Å². The fourth-order valence-electron chi connectivity index (χ4n) is 5.27. The molecule has 0 aliphatic heterocycles. The molecule has 0 radical (unpaired) electrons. The fourth-order valence-corrected chi connectivity index (χ4v) is 5.27. The van der Waals surface area contributed by atoms with Crippen molar-refractivity contribution in [2.75, 3.05) is 0 Å². The van der Waals surface area contributed by atoms with E-state index in [0.717, 1.165) is 6.42 Å². The van der Waals surface area contributed by atoms with Crippen molar-refractivity contribution in [3.8, 4) is 0 Å². The first-order valence-electron chi connectivity index (χ1n) is 8.57. The van der Waals surface area contributed by atoms with Crippen molar-refractivity contribution in [2.45, 2.75) is 80.4 Å². The third kappa shape index (κ3) is 2.76. The predicted molar refractivity (Wildman–Crippen MR) is 87.8 cm³/mol. The number of rotatable bonds is 5. The Bertz CT molecular complexity index is 371. The second kappa shape index (κ2) is 6.32. The minimum Gasteiger partial charge on any atom is -0.874 e. The van der Waals surface area contributed by atoms with Gasteiger partial charge in [-0.25, -0.2) is 0 Å². The molecule has 2 nitrogen and oxygen atoms in total. The standard InChI is InChI=1S/C19H36O2/c1-12(2)16-10-11-17(20)18(9,21-15(7)8)19(16,13(3)4)14(5)6/h11-16,20H,10H2,1-9H3/p-1/t16?,18-/m0/s1. The maximum Gasteiger partial charge on any atom is 0.0828 e. The van der Waals surface area contributed by atoms with Crippen LogP contribution in [0.3, 0.4) is 0 Å². The zero-order valence-corrected chi connectivity index (χ0v) is 15.5. The summed E-state index contributed by atoms with van der Waals surface area (Å²) < 4.78 is 6.33. The largest absolute Gasteiger partial charge is 0.874 e. The predicted octanol–water partition coefficient (Wildman–Crippen LogP) is 4.39. The van der Waals surface area contributed by atoms with Gasteiger partial charge in [-0.15, -0.1) is 5.76 Å². The molecule has 1 rings (SSSR count). The zero-order valence-electron chi connectivity index (χ0n) is 15.5. The number of hydrogen-bond acceptors (Lipinski definition) is 2. The molecule has 0 heterocycles. The first kappa shape index (κ1) is 18.5. The van der Waals surface area contributed by atoms with E-state index < -0.39 is 5.60 Å². The van der Waals surface area contributed by atoms with E-state index in [0.29, 0.717) is 23.7 Å². The highest BCUT2D eigenvalue weighted by Crippen LogP contribution is 2.60. The van der Waals surface area contributed by atoms with Gasteiger partial charge in [0.15, 0.2) is 0 Å². The van der Waals surface area contributed by atoms with Gasteiger partial charge < -0.3 is 9.84 Å². The molecule has 0 saturated heterocycles. The smallest absolute Gasteiger partial charge is 0.0828 e. The van der Waals surface area contributed by atoms with Crippen molar-refractivity contribution in [1.29, 1.82) is 0 Å². The Morgan fingerprint density at radius 3 is 1.86 bits per heavy atom. The lowest BCUT2D eigenvalue weighted by Crippen LogP contribution is -2.64. The summed E-state index contributed by atoms with van der Waals surface area (Å²) in [6.07, 6.45) is 2.81. The van der Waals surface area contributed by atoms with Crippen LogP contribution in [0.15, 0.2) is 11.8 Å². The van der Waals surface area contributed by atoms with Gasteiger partial charge in [-0.05, 0) is 50.9 Å². The van der Waals surface area contributed by atoms with Crippen molar-refractivity contribution in [2.24, 2.45) is 29.1 Å². The van der Waals surface area contributed by atoms with Gasteiger partial charge in [0.2, 0.25) is 0 Å². The molecule has 124 valence electrons. The molecule has 0 aromatic rings. The summed E-state index contributed by atoms with van der Waals surface area (Å²) in [7, 11) is 0. The molecule has 0 spiro atoms. The van der Waals surface area contributed by atoms with Crippen LogP contribution >= 0.6 is 0 Å². The van der Waals surface area contributed by atoms with Crippen molar-refractivity contribution in [3.05, 3.63) is 11.8 Å². The zero-order chi connectivity index (χ0) is 16.6. The van der Waals surface area contributed by atoms with Crippen LogP contribution in [0, 0.1) is 29.1 Å². The van der Waals surface area contributed by atoms with E-state index in [9.17, 15) is 5.11 Å².